The minimum Gasteiger partial charge on any atom is -0.438 e. The molecule has 0 amide bonds. The fourth-order valence-electron chi connectivity index (χ4n) is 2.01. The normalized spacial score (nSPS) is 10.6. The Morgan fingerprint density at radius 2 is 1.79 bits per heavy atom. The molecule has 0 saturated heterocycles. The van der Waals surface area contributed by atoms with Gasteiger partial charge < -0.3 is 10.5 Å². The minimum absolute atomic E-state index is 0.218. The molecule has 2 N–H and O–H groups in total. The van der Waals surface area contributed by atoms with E-state index in [9.17, 15) is 0 Å². The Hall–Kier alpha value is -2.62. The summed E-state index contributed by atoms with van der Waals surface area (Å²) >= 11 is 0. The third kappa shape index (κ3) is 2.33. The van der Waals surface area contributed by atoms with E-state index in [1.54, 1.807) is 6.07 Å². The van der Waals surface area contributed by atoms with Gasteiger partial charge in [0.1, 0.15) is 5.75 Å². The fourth-order valence-corrected chi connectivity index (χ4v) is 2.01. The monoisotopic (exact) mass is 251 g/mol. The van der Waals surface area contributed by atoms with Crippen LogP contribution < -0.4 is 10.5 Å². The highest BCUT2D eigenvalue weighted by Crippen LogP contribution is 2.29. The number of hydrogen-bond acceptors (Lipinski definition) is 4. The molecule has 0 radical (unpaired) electrons. The molecule has 2 aromatic carbocycles. The zero-order chi connectivity index (χ0) is 13.2. The SMILES string of the molecule is Cc1cc(Oc2cccc3ccccc23)nc(N)n1. The van der Waals surface area contributed by atoms with Crippen molar-refractivity contribution in [2.24, 2.45) is 0 Å². The van der Waals surface area contributed by atoms with E-state index in [4.69, 9.17) is 10.5 Å². The molecule has 4 heteroatoms. The van der Waals surface area contributed by atoms with E-state index < -0.39 is 0 Å². The number of fused-ring (bicyclic) bond motifs is 1. The van der Waals surface area contributed by atoms with Crippen molar-refractivity contribution in [2.75, 3.05) is 5.73 Å². The highest BCUT2D eigenvalue weighted by Gasteiger charge is 2.05. The van der Waals surface area contributed by atoms with Crippen LogP contribution in [0.15, 0.2) is 48.5 Å². The van der Waals surface area contributed by atoms with Crippen LogP contribution in [0.5, 0.6) is 11.6 Å². The number of nitrogens with two attached hydrogens (primary N) is 1. The molecule has 0 spiro atoms. The Morgan fingerprint density at radius 1 is 1.00 bits per heavy atom. The largest absolute Gasteiger partial charge is 0.438 e. The summed E-state index contributed by atoms with van der Waals surface area (Å²) in [6, 6.07) is 15.7. The lowest BCUT2D eigenvalue weighted by Gasteiger charge is -2.08. The number of nitrogen functional groups attached to an aromatic ring is 1. The number of nitrogens with zero attached hydrogens (tertiary/aromatic N) is 2. The number of anilines is 1. The van der Waals surface area contributed by atoms with Gasteiger partial charge in [0.2, 0.25) is 11.8 Å². The Bertz CT molecular complexity index is 715. The standard InChI is InChI=1S/C15H13N3O/c1-10-9-14(18-15(16)17-10)19-13-8-4-6-11-5-2-3-7-12(11)13/h2-9H,1H3,(H2,16,17,18). The lowest BCUT2D eigenvalue weighted by atomic mass is 10.1. The number of aryl methyl sites for hydroxylation is 1. The second-order valence-corrected chi connectivity index (χ2v) is 4.29. The highest BCUT2D eigenvalue weighted by atomic mass is 16.5. The molecule has 0 unspecified atom stereocenters. The molecule has 94 valence electrons. The first kappa shape index (κ1) is 11.5. The minimum atomic E-state index is 0.218. The van der Waals surface area contributed by atoms with Crippen LogP contribution in [0.2, 0.25) is 0 Å². The highest BCUT2D eigenvalue weighted by molar-refractivity contribution is 5.88. The average molecular weight is 251 g/mol. The van der Waals surface area contributed by atoms with Crippen LogP contribution in [-0.2, 0) is 0 Å². The lowest BCUT2D eigenvalue weighted by Crippen LogP contribution is -1.98. The molecule has 1 heterocycles. The molecular formula is C15H13N3O. The zero-order valence-electron chi connectivity index (χ0n) is 10.5. The molecule has 0 fully saturated rings. The van der Waals surface area contributed by atoms with Crippen molar-refractivity contribution in [3.63, 3.8) is 0 Å². The topological polar surface area (TPSA) is 61.0 Å². The van der Waals surface area contributed by atoms with Gasteiger partial charge in [0, 0.05) is 17.1 Å². The van der Waals surface area contributed by atoms with Gasteiger partial charge in [0.05, 0.1) is 0 Å². The summed E-state index contributed by atoms with van der Waals surface area (Å²) in [5, 5.41) is 2.17. The van der Waals surface area contributed by atoms with Crippen molar-refractivity contribution in [3.8, 4) is 11.6 Å². The number of rotatable bonds is 2. The molecule has 0 bridgehead atoms. The van der Waals surface area contributed by atoms with Crippen LogP contribution in [0.1, 0.15) is 5.69 Å². The molecule has 0 aliphatic rings. The number of hydrogen-bond donors (Lipinski definition) is 1. The molecule has 3 aromatic rings. The summed E-state index contributed by atoms with van der Waals surface area (Å²) in [6.45, 7) is 1.86. The van der Waals surface area contributed by atoms with Gasteiger partial charge in [-0.1, -0.05) is 36.4 Å². The van der Waals surface area contributed by atoms with Crippen molar-refractivity contribution in [1.82, 2.24) is 9.97 Å². The van der Waals surface area contributed by atoms with E-state index in [0.717, 1.165) is 22.2 Å². The maximum Gasteiger partial charge on any atom is 0.224 e. The first-order valence-electron chi connectivity index (χ1n) is 5.99. The van der Waals surface area contributed by atoms with Gasteiger partial charge >= 0.3 is 0 Å². The van der Waals surface area contributed by atoms with Crippen LogP contribution in [0.4, 0.5) is 5.95 Å². The molecule has 19 heavy (non-hydrogen) atoms. The summed E-state index contributed by atoms with van der Waals surface area (Å²) < 4.78 is 5.82. The van der Waals surface area contributed by atoms with Crippen molar-refractivity contribution >= 4 is 16.7 Å². The number of aromatic nitrogens is 2. The van der Waals surface area contributed by atoms with Crippen molar-refractivity contribution < 1.29 is 4.74 Å². The maximum absolute atomic E-state index is 5.82. The Kier molecular flexibility index (Phi) is 2.76. The second-order valence-electron chi connectivity index (χ2n) is 4.29. The molecule has 4 nitrogen and oxygen atoms in total. The first-order valence-corrected chi connectivity index (χ1v) is 5.99. The third-order valence-electron chi connectivity index (χ3n) is 2.81. The summed E-state index contributed by atoms with van der Waals surface area (Å²) in [7, 11) is 0. The van der Waals surface area contributed by atoms with Crippen LogP contribution in [0.25, 0.3) is 10.8 Å². The predicted molar refractivity (Wildman–Crippen MR) is 75.2 cm³/mol. The third-order valence-corrected chi connectivity index (χ3v) is 2.81. The number of ether oxygens (including phenoxy) is 1. The Balaban J connectivity index is 2.05. The Labute approximate surface area is 110 Å². The van der Waals surface area contributed by atoms with Crippen molar-refractivity contribution in [1.29, 1.82) is 0 Å². The van der Waals surface area contributed by atoms with Gasteiger partial charge in [-0.25, -0.2) is 4.98 Å². The summed E-state index contributed by atoms with van der Waals surface area (Å²) in [6.07, 6.45) is 0. The predicted octanol–water partition coefficient (Wildman–Crippen LogP) is 3.31. The van der Waals surface area contributed by atoms with Gasteiger partial charge in [-0.2, -0.15) is 4.98 Å². The van der Waals surface area contributed by atoms with Crippen molar-refractivity contribution in [2.45, 2.75) is 6.92 Å². The lowest BCUT2D eigenvalue weighted by molar-refractivity contribution is 0.467. The second kappa shape index (κ2) is 4.57. The van der Waals surface area contributed by atoms with Crippen LogP contribution in [0, 0.1) is 6.92 Å². The fraction of sp³-hybridized carbons (Fsp3) is 0.0667. The van der Waals surface area contributed by atoms with E-state index in [-0.39, 0.29) is 5.95 Å². The van der Waals surface area contributed by atoms with E-state index in [1.807, 2.05) is 49.4 Å². The maximum atomic E-state index is 5.82. The van der Waals surface area contributed by atoms with Gasteiger partial charge in [0.15, 0.2) is 0 Å². The Morgan fingerprint density at radius 3 is 2.63 bits per heavy atom. The molecule has 3 rings (SSSR count). The summed E-state index contributed by atoms with van der Waals surface area (Å²) in [5.74, 6) is 1.44. The van der Waals surface area contributed by atoms with Gasteiger partial charge in [-0.3, -0.25) is 0 Å². The number of benzene rings is 2. The van der Waals surface area contributed by atoms with E-state index in [0.29, 0.717) is 5.88 Å². The van der Waals surface area contributed by atoms with E-state index in [1.165, 1.54) is 0 Å². The van der Waals surface area contributed by atoms with E-state index >= 15 is 0 Å². The van der Waals surface area contributed by atoms with Gasteiger partial charge in [-0.15, -0.1) is 0 Å². The quantitative estimate of drug-likeness (QED) is 0.759. The summed E-state index contributed by atoms with van der Waals surface area (Å²) in [4.78, 5) is 8.11. The van der Waals surface area contributed by atoms with Gasteiger partial charge in [0.25, 0.3) is 0 Å². The summed E-state index contributed by atoms with van der Waals surface area (Å²) in [5.41, 5.74) is 6.40. The molecular weight excluding hydrogens is 238 g/mol. The van der Waals surface area contributed by atoms with E-state index in [2.05, 4.69) is 9.97 Å². The molecule has 0 aliphatic heterocycles. The van der Waals surface area contributed by atoms with Crippen LogP contribution in [0.3, 0.4) is 0 Å². The molecule has 1 aromatic heterocycles. The van der Waals surface area contributed by atoms with Crippen LogP contribution in [-0.4, -0.2) is 9.97 Å². The van der Waals surface area contributed by atoms with Crippen molar-refractivity contribution in [3.05, 3.63) is 54.2 Å². The average Bonchev–Trinajstić information content (AvgIpc) is 2.38. The molecule has 0 aliphatic carbocycles. The smallest absolute Gasteiger partial charge is 0.224 e. The molecule has 0 saturated carbocycles. The zero-order valence-corrected chi connectivity index (χ0v) is 10.5. The first-order chi connectivity index (χ1) is 9.22. The molecule has 0 atom stereocenters. The van der Waals surface area contributed by atoms with Crippen LogP contribution >= 0.6 is 0 Å². The van der Waals surface area contributed by atoms with Gasteiger partial charge in [-0.05, 0) is 18.4 Å².